The number of hydrogen-bond acceptors (Lipinski definition) is 2. The molecule has 2 aromatic rings. The summed E-state index contributed by atoms with van der Waals surface area (Å²) in [4.78, 5) is 0. The number of nitrogens with two attached hydrogens (primary N) is 1. The molecule has 120 valence electrons. The Morgan fingerprint density at radius 2 is 1.64 bits per heavy atom. The fourth-order valence-electron chi connectivity index (χ4n) is 1.81. The van der Waals surface area contributed by atoms with Gasteiger partial charge in [0.05, 0.1) is 6.04 Å². The number of halogens is 6. The Kier molecular flexibility index (Phi) is 6.05. The van der Waals surface area contributed by atoms with Crippen molar-refractivity contribution in [3.05, 3.63) is 64.4 Å². The molecule has 8 heteroatoms. The molecule has 0 radical (unpaired) electrons. The Balaban J connectivity index is 0.00000242. The monoisotopic (exact) mass is 355 g/mol. The molecule has 2 N–H and O–H groups in total. The summed E-state index contributed by atoms with van der Waals surface area (Å²) in [5.74, 6) is -0.856. The van der Waals surface area contributed by atoms with E-state index in [1.807, 2.05) is 0 Å². The zero-order valence-electron chi connectivity index (χ0n) is 10.9. The zero-order chi connectivity index (χ0) is 15.6. The standard InChI is InChI=1S/C14H10ClF4NO.ClH/c15-12-6-3-9(16)7-11(12)13(20)8-1-4-10(5-2-8)21-14(17,18)19;/h1-7,13H,20H2;1H/t13-;/m1./s1. The minimum absolute atomic E-state index is 0. The molecular weight excluding hydrogens is 345 g/mol. The maximum Gasteiger partial charge on any atom is 0.573 e. The molecule has 1 atom stereocenters. The van der Waals surface area contributed by atoms with Crippen molar-refractivity contribution in [2.75, 3.05) is 0 Å². The molecule has 0 saturated heterocycles. The highest BCUT2D eigenvalue weighted by Crippen LogP contribution is 2.29. The van der Waals surface area contributed by atoms with Crippen LogP contribution in [0, 0.1) is 5.82 Å². The highest BCUT2D eigenvalue weighted by atomic mass is 35.5. The van der Waals surface area contributed by atoms with Crippen molar-refractivity contribution < 1.29 is 22.3 Å². The summed E-state index contributed by atoms with van der Waals surface area (Å²) in [7, 11) is 0. The van der Waals surface area contributed by atoms with E-state index in [9.17, 15) is 17.6 Å². The van der Waals surface area contributed by atoms with Crippen LogP contribution in [0.4, 0.5) is 17.6 Å². The van der Waals surface area contributed by atoms with Gasteiger partial charge in [0.1, 0.15) is 11.6 Å². The van der Waals surface area contributed by atoms with E-state index in [0.29, 0.717) is 11.1 Å². The summed E-state index contributed by atoms with van der Waals surface area (Å²) < 4.78 is 53.1. The average Bonchev–Trinajstić information content (AvgIpc) is 2.40. The summed E-state index contributed by atoms with van der Waals surface area (Å²) in [6.07, 6.45) is -4.75. The fraction of sp³-hybridized carbons (Fsp3) is 0.143. The van der Waals surface area contributed by atoms with Crippen LogP contribution in [0.3, 0.4) is 0 Å². The molecule has 0 aliphatic heterocycles. The lowest BCUT2D eigenvalue weighted by Crippen LogP contribution is -2.17. The largest absolute Gasteiger partial charge is 0.573 e. The van der Waals surface area contributed by atoms with Gasteiger partial charge in [0.15, 0.2) is 0 Å². The normalized spacial score (nSPS) is 12.5. The second kappa shape index (κ2) is 7.17. The summed E-state index contributed by atoms with van der Waals surface area (Å²) >= 11 is 5.94. The van der Waals surface area contributed by atoms with E-state index in [1.54, 1.807) is 0 Å². The highest BCUT2D eigenvalue weighted by molar-refractivity contribution is 6.31. The third-order valence-electron chi connectivity index (χ3n) is 2.77. The lowest BCUT2D eigenvalue weighted by Gasteiger charge is -2.15. The van der Waals surface area contributed by atoms with Crippen molar-refractivity contribution in [1.29, 1.82) is 0 Å². The van der Waals surface area contributed by atoms with Crippen LogP contribution in [-0.4, -0.2) is 6.36 Å². The SMILES string of the molecule is Cl.N[C@H](c1ccc(OC(F)(F)F)cc1)c1cc(F)ccc1Cl. The van der Waals surface area contributed by atoms with Gasteiger partial charge in [-0.3, -0.25) is 0 Å². The molecule has 2 nitrogen and oxygen atoms in total. The molecule has 0 fully saturated rings. The lowest BCUT2D eigenvalue weighted by molar-refractivity contribution is -0.274. The molecule has 0 aliphatic carbocycles. The van der Waals surface area contributed by atoms with E-state index < -0.39 is 18.2 Å². The molecule has 0 spiro atoms. The lowest BCUT2D eigenvalue weighted by atomic mass is 9.99. The van der Waals surface area contributed by atoms with E-state index in [4.69, 9.17) is 17.3 Å². The molecule has 0 saturated carbocycles. The van der Waals surface area contributed by atoms with Gasteiger partial charge in [-0.2, -0.15) is 0 Å². The van der Waals surface area contributed by atoms with Crippen LogP contribution in [0.25, 0.3) is 0 Å². The van der Waals surface area contributed by atoms with Gasteiger partial charge in [0.2, 0.25) is 0 Å². The first-order valence-electron chi connectivity index (χ1n) is 5.82. The van der Waals surface area contributed by atoms with E-state index in [0.717, 1.165) is 12.1 Å². The number of alkyl halides is 3. The molecule has 22 heavy (non-hydrogen) atoms. The third kappa shape index (κ3) is 4.76. The van der Waals surface area contributed by atoms with Crippen LogP contribution in [0.2, 0.25) is 5.02 Å². The van der Waals surface area contributed by atoms with Crippen LogP contribution in [-0.2, 0) is 0 Å². The second-order valence-electron chi connectivity index (χ2n) is 4.26. The molecular formula is C14H11Cl2F4NO. The van der Waals surface area contributed by atoms with Gasteiger partial charge >= 0.3 is 6.36 Å². The highest BCUT2D eigenvalue weighted by Gasteiger charge is 2.31. The second-order valence-corrected chi connectivity index (χ2v) is 4.67. The molecule has 0 unspecified atom stereocenters. The minimum atomic E-state index is -4.75. The van der Waals surface area contributed by atoms with Crippen LogP contribution < -0.4 is 10.5 Å². The van der Waals surface area contributed by atoms with E-state index in [2.05, 4.69) is 4.74 Å². The Labute approximate surface area is 135 Å². The van der Waals surface area contributed by atoms with E-state index >= 15 is 0 Å². The molecule has 2 rings (SSSR count). The van der Waals surface area contributed by atoms with Gasteiger partial charge in [-0.15, -0.1) is 25.6 Å². The van der Waals surface area contributed by atoms with Crippen molar-refractivity contribution >= 4 is 24.0 Å². The minimum Gasteiger partial charge on any atom is -0.406 e. The Morgan fingerprint density at radius 3 is 2.18 bits per heavy atom. The Morgan fingerprint density at radius 1 is 1.05 bits per heavy atom. The van der Waals surface area contributed by atoms with Gasteiger partial charge in [-0.25, -0.2) is 4.39 Å². The molecule has 2 aromatic carbocycles. The quantitative estimate of drug-likeness (QED) is 0.799. The van der Waals surface area contributed by atoms with E-state index in [-0.39, 0.29) is 23.2 Å². The van der Waals surface area contributed by atoms with Crippen molar-refractivity contribution in [3.63, 3.8) is 0 Å². The van der Waals surface area contributed by atoms with Crippen molar-refractivity contribution in [3.8, 4) is 5.75 Å². The number of benzene rings is 2. The molecule has 0 bridgehead atoms. The smallest absolute Gasteiger partial charge is 0.406 e. The predicted molar refractivity (Wildman–Crippen MR) is 77.8 cm³/mol. The fourth-order valence-corrected chi connectivity index (χ4v) is 2.04. The first kappa shape index (κ1) is 18.5. The average molecular weight is 356 g/mol. The molecule has 0 aromatic heterocycles. The van der Waals surface area contributed by atoms with Crippen molar-refractivity contribution in [2.24, 2.45) is 5.73 Å². The summed E-state index contributed by atoms with van der Waals surface area (Å²) in [5.41, 5.74) is 6.78. The third-order valence-corrected chi connectivity index (χ3v) is 3.11. The maximum absolute atomic E-state index is 13.2. The van der Waals surface area contributed by atoms with Gasteiger partial charge < -0.3 is 10.5 Å². The van der Waals surface area contributed by atoms with Gasteiger partial charge in [0.25, 0.3) is 0 Å². The van der Waals surface area contributed by atoms with E-state index in [1.165, 1.54) is 30.3 Å². The zero-order valence-corrected chi connectivity index (χ0v) is 12.5. The number of hydrogen-bond donors (Lipinski definition) is 1. The van der Waals surface area contributed by atoms with Gasteiger partial charge in [-0.05, 0) is 41.5 Å². The Bertz CT molecular complexity index is 632. The maximum atomic E-state index is 13.2. The predicted octanol–water partition coefficient (Wildman–Crippen LogP) is 4.85. The van der Waals surface area contributed by atoms with Crippen molar-refractivity contribution in [1.82, 2.24) is 0 Å². The van der Waals surface area contributed by atoms with Gasteiger partial charge in [0, 0.05) is 5.02 Å². The summed E-state index contributed by atoms with van der Waals surface area (Å²) in [6, 6.07) is 8.00. The summed E-state index contributed by atoms with van der Waals surface area (Å²) in [6.45, 7) is 0. The summed E-state index contributed by atoms with van der Waals surface area (Å²) in [5, 5.41) is 0.277. The first-order valence-corrected chi connectivity index (χ1v) is 6.20. The van der Waals surface area contributed by atoms with Crippen LogP contribution in [0.1, 0.15) is 17.2 Å². The van der Waals surface area contributed by atoms with Gasteiger partial charge in [-0.1, -0.05) is 23.7 Å². The number of rotatable bonds is 3. The van der Waals surface area contributed by atoms with Crippen LogP contribution in [0.5, 0.6) is 5.75 Å². The molecule has 0 amide bonds. The van der Waals surface area contributed by atoms with Crippen molar-refractivity contribution in [2.45, 2.75) is 12.4 Å². The Hall–Kier alpha value is -1.50. The molecule has 0 aliphatic rings. The van der Waals surface area contributed by atoms with Crippen LogP contribution >= 0.6 is 24.0 Å². The topological polar surface area (TPSA) is 35.2 Å². The van der Waals surface area contributed by atoms with Crippen LogP contribution in [0.15, 0.2) is 42.5 Å². The molecule has 0 heterocycles. The first-order chi connectivity index (χ1) is 9.76. The number of ether oxygens (including phenoxy) is 1.